The van der Waals surface area contributed by atoms with Gasteiger partial charge in [-0.1, -0.05) is 127 Å². The van der Waals surface area contributed by atoms with Gasteiger partial charge in [0.15, 0.2) is 0 Å². The van der Waals surface area contributed by atoms with E-state index < -0.39 is 0 Å². The van der Waals surface area contributed by atoms with Crippen molar-refractivity contribution in [2.75, 3.05) is 0 Å². The third-order valence-electron chi connectivity index (χ3n) is 11.4. The van der Waals surface area contributed by atoms with E-state index in [1.807, 2.05) is 23.5 Å². The lowest BCUT2D eigenvalue weighted by molar-refractivity contribution is 0.409. The van der Waals surface area contributed by atoms with Crippen LogP contribution in [0.5, 0.6) is 0 Å². The Morgan fingerprint density at radius 2 is 1.09 bits per heavy atom. The predicted molar refractivity (Wildman–Crippen MR) is 236 cm³/mol. The minimum absolute atomic E-state index is 0.167. The van der Waals surface area contributed by atoms with Crippen LogP contribution in [-0.4, -0.2) is 5.84 Å². The number of nitrogens with one attached hydrogen (secondary N) is 2. The highest BCUT2D eigenvalue weighted by Crippen LogP contribution is 2.41. The van der Waals surface area contributed by atoms with Gasteiger partial charge in [0.1, 0.15) is 40.5 Å². The maximum absolute atomic E-state index is 6.45. The molecule has 8 aromatic carbocycles. The summed E-state index contributed by atoms with van der Waals surface area (Å²) in [5.41, 5.74) is 11.4. The van der Waals surface area contributed by atoms with Crippen LogP contribution in [0.15, 0.2) is 190 Å². The number of para-hydroxylation sites is 1. The normalized spacial score (nSPS) is 15.9. The molecule has 12 rings (SSSR count). The van der Waals surface area contributed by atoms with Crippen molar-refractivity contribution >= 4 is 81.2 Å². The third-order valence-corrected chi connectivity index (χ3v) is 12.6. The Morgan fingerprint density at radius 1 is 0.456 bits per heavy atom. The van der Waals surface area contributed by atoms with Crippen LogP contribution in [0.3, 0.4) is 0 Å². The van der Waals surface area contributed by atoms with Crippen LogP contribution < -0.4 is 10.6 Å². The number of furan rings is 2. The van der Waals surface area contributed by atoms with Gasteiger partial charge in [0.05, 0.1) is 0 Å². The van der Waals surface area contributed by atoms with Crippen LogP contribution in [0.2, 0.25) is 0 Å². The summed E-state index contributed by atoms with van der Waals surface area (Å²) < 4.78 is 15.1. The van der Waals surface area contributed by atoms with Gasteiger partial charge in [-0.3, -0.25) is 5.32 Å². The van der Waals surface area contributed by atoms with Gasteiger partial charge < -0.3 is 14.2 Å². The van der Waals surface area contributed by atoms with E-state index in [2.05, 4.69) is 174 Å². The molecule has 0 aliphatic carbocycles. The van der Waals surface area contributed by atoms with E-state index in [-0.39, 0.29) is 12.3 Å². The van der Waals surface area contributed by atoms with E-state index in [0.29, 0.717) is 0 Å². The Kier molecular flexibility index (Phi) is 7.24. The number of fused-ring (bicyclic) bond motifs is 9. The van der Waals surface area contributed by atoms with Crippen LogP contribution in [0.25, 0.3) is 86.3 Å². The minimum atomic E-state index is -0.218. The second-order valence-electron chi connectivity index (χ2n) is 14.7. The Balaban J connectivity index is 0.918. The lowest BCUT2D eigenvalue weighted by Crippen LogP contribution is -2.45. The van der Waals surface area contributed by atoms with Gasteiger partial charge in [-0.25, -0.2) is 4.99 Å². The smallest absolute Gasteiger partial charge is 0.136 e. The van der Waals surface area contributed by atoms with E-state index in [4.69, 9.17) is 13.8 Å². The molecule has 2 N–H and O–H groups in total. The number of hydrogen-bond acceptors (Lipinski definition) is 6. The molecule has 0 fully saturated rings. The van der Waals surface area contributed by atoms with E-state index in [9.17, 15) is 0 Å². The lowest BCUT2D eigenvalue weighted by atomic mass is 9.96. The minimum Gasteiger partial charge on any atom is -0.456 e. The van der Waals surface area contributed by atoms with Crippen LogP contribution in [0.1, 0.15) is 29.0 Å². The second kappa shape index (κ2) is 12.8. The molecule has 11 aromatic rings. The van der Waals surface area contributed by atoms with Crippen molar-refractivity contribution in [3.8, 4) is 22.3 Å². The number of thiophene rings is 1. The predicted octanol–water partition coefficient (Wildman–Crippen LogP) is 13.5. The monoisotopic (exact) mass is 751 g/mol. The first kappa shape index (κ1) is 32.3. The van der Waals surface area contributed by atoms with E-state index in [1.54, 1.807) is 0 Å². The van der Waals surface area contributed by atoms with Gasteiger partial charge in [0, 0.05) is 47.3 Å². The summed E-state index contributed by atoms with van der Waals surface area (Å²) in [6.45, 7) is 0. The highest BCUT2D eigenvalue weighted by molar-refractivity contribution is 7.26. The van der Waals surface area contributed by atoms with Crippen LogP contribution in [-0.2, 0) is 0 Å². The molecule has 270 valence electrons. The molecule has 57 heavy (non-hydrogen) atoms. The summed E-state index contributed by atoms with van der Waals surface area (Å²) >= 11 is 1.83. The molecule has 0 saturated heterocycles. The maximum atomic E-state index is 6.45. The highest BCUT2D eigenvalue weighted by Gasteiger charge is 2.27. The largest absolute Gasteiger partial charge is 0.456 e. The lowest BCUT2D eigenvalue weighted by Gasteiger charge is -2.32. The number of amidine groups is 1. The Labute approximate surface area is 331 Å². The van der Waals surface area contributed by atoms with Gasteiger partial charge >= 0.3 is 0 Å². The molecular formula is C51H33N3O2S. The van der Waals surface area contributed by atoms with E-state index in [1.165, 1.54) is 20.2 Å². The van der Waals surface area contributed by atoms with Crippen molar-refractivity contribution in [2.45, 2.75) is 12.3 Å². The van der Waals surface area contributed by atoms with Crippen molar-refractivity contribution in [3.63, 3.8) is 0 Å². The fraction of sp³-hybridized carbons (Fsp3) is 0.0392. The number of rotatable bonds is 5. The Bertz CT molecular complexity index is 3380. The fourth-order valence-corrected chi connectivity index (χ4v) is 9.83. The molecular weight excluding hydrogens is 719 g/mol. The summed E-state index contributed by atoms with van der Waals surface area (Å²) in [7, 11) is 0. The molecule has 4 heterocycles. The van der Waals surface area contributed by atoms with Crippen molar-refractivity contribution in [1.82, 2.24) is 10.6 Å². The van der Waals surface area contributed by atoms with Crippen LogP contribution >= 0.6 is 11.3 Å². The number of hydrogen-bond donors (Lipinski definition) is 2. The first-order chi connectivity index (χ1) is 28.2. The highest BCUT2D eigenvalue weighted by atomic mass is 32.1. The molecule has 6 heteroatoms. The maximum Gasteiger partial charge on any atom is 0.136 e. The van der Waals surface area contributed by atoms with Gasteiger partial charge in [-0.05, 0) is 81.9 Å². The molecule has 1 aliphatic rings. The van der Waals surface area contributed by atoms with Crippen molar-refractivity contribution in [2.24, 2.45) is 4.99 Å². The van der Waals surface area contributed by atoms with Gasteiger partial charge in [0.2, 0.25) is 0 Å². The summed E-state index contributed by atoms with van der Waals surface area (Å²) in [4.78, 5) is 5.28. The topological polar surface area (TPSA) is 62.7 Å². The zero-order valence-electron chi connectivity index (χ0n) is 30.6. The van der Waals surface area contributed by atoms with Crippen LogP contribution in [0.4, 0.5) is 0 Å². The van der Waals surface area contributed by atoms with Crippen molar-refractivity contribution in [3.05, 3.63) is 193 Å². The summed E-state index contributed by atoms with van der Waals surface area (Å²) in [5.74, 6) is 0.888. The SMILES string of the molecule is c1ccc(C2N=C(c3cccc4c3sc3ccccc34)NC(c3ccc(-c4cccc5oc6ccc(-c7ccc8oc9ccccc9c8c7)cc6c45)cc3)N2)cc1. The Hall–Kier alpha value is -6.99. The average Bonchev–Trinajstić information content (AvgIpc) is 3.97. The second-order valence-corrected chi connectivity index (χ2v) is 15.8. The van der Waals surface area contributed by atoms with E-state index >= 15 is 0 Å². The first-order valence-electron chi connectivity index (χ1n) is 19.3. The fourth-order valence-electron chi connectivity index (χ4n) is 8.61. The zero-order chi connectivity index (χ0) is 37.5. The average molecular weight is 752 g/mol. The molecule has 0 spiro atoms. The number of nitrogens with zero attached hydrogens (tertiary/aromatic N) is 1. The molecule has 0 bridgehead atoms. The Morgan fingerprint density at radius 3 is 1.95 bits per heavy atom. The zero-order valence-corrected chi connectivity index (χ0v) is 31.4. The van der Waals surface area contributed by atoms with Gasteiger partial charge in [-0.15, -0.1) is 11.3 Å². The van der Waals surface area contributed by atoms with Crippen LogP contribution in [0, 0.1) is 0 Å². The number of benzene rings is 8. The molecule has 0 saturated carbocycles. The molecule has 2 atom stereocenters. The first-order valence-corrected chi connectivity index (χ1v) is 20.1. The quantitative estimate of drug-likeness (QED) is 0.184. The molecule has 0 amide bonds. The molecule has 3 aromatic heterocycles. The third kappa shape index (κ3) is 5.30. The number of aliphatic imine (C=N–C) groups is 1. The van der Waals surface area contributed by atoms with E-state index in [0.717, 1.165) is 88.7 Å². The van der Waals surface area contributed by atoms with Gasteiger partial charge in [-0.2, -0.15) is 0 Å². The molecule has 1 aliphatic heterocycles. The summed E-state index contributed by atoms with van der Waals surface area (Å²) in [6.07, 6.45) is -0.385. The van der Waals surface area contributed by atoms with Crippen molar-refractivity contribution < 1.29 is 8.83 Å². The molecule has 2 unspecified atom stereocenters. The molecule has 0 radical (unpaired) electrons. The summed E-state index contributed by atoms with van der Waals surface area (Å²) in [5, 5.41) is 14.6. The molecule has 5 nitrogen and oxygen atoms in total. The summed E-state index contributed by atoms with van der Waals surface area (Å²) in [6, 6.07) is 62.1. The standard InChI is InChI=1S/C51H33N3O2S/c1-2-10-31(11-3-1)49-52-50(54-51(53-49)39-16-8-15-38-37-13-5-7-19-46(37)57-48(38)39)32-22-20-30(21-23-32)35-14-9-18-45-47(35)41-29-34(25-27-44(41)56-45)33-24-26-43-40(28-33)36-12-4-6-17-42(36)55-43/h1-29,49-50,52H,(H,53,54). The van der Waals surface area contributed by atoms with Gasteiger partial charge in [0.25, 0.3) is 0 Å². The van der Waals surface area contributed by atoms with Crippen molar-refractivity contribution in [1.29, 1.82) is 0 Å².